The second-order valence-corrected chi connectivity index (χ2v) is 5.60. The molecule has 1 saturated carbocycles. The molecule has 3 aliphatic carbocycles. The van der Waals surface area contributed by atoms with Crippen molar-refractivity contribution in [1.82, 2.24) is 0 Å². The van der Waals surface area contributed by atoms with E-state index in [9.17, 15) is 0 Å². The van der Waals surface area contributed by atoms with Crippen LogP contribution in [0.25, 0.3) is 0 Å². The lowest BCUT2D eigenvalue weighted by molar-refractivity contribution is 0.0555. The van der Waals surface area contributed by atoms with E-state index in [-0.39, 0.29) is 6.10 Å². The summed E-state index contributed by atoms with van der Waals surface area (Å²) in [6.45, 7) is 4.26. The first kappa shape index (κ1) is 11.8. The molecule has 94 valence electrons. The highest BCUT2D eigenvalue weighted by molar-refractivity contribution is 5.31. The Morgan fingerprint density at radius 2 is 2.28 bits per heavy atom. The SMILES string of the molecule is C#CCO[C@@H]1C=C(CCC=C)[C@@H]2C3C=CC(C3)[C@@H]21. The van der Waals surface area contributed by atoms with Gasteiger partial charge in [0.15, 0.2) is 0 Å². The lowest BCUT2D eigenvalue weighted by Crippen LogP contribution is -2.27. The van der Waals surface area contributed by atoms with Crippen LogP contribution in [-0.2, 0) is 4.74 Å². The molecule has 2 bridgehead atoms. The minimum atomic E-state index is 0.241. The van der Waals surface area contributed by atoms with Crippen LogP contribution < -0.4 is 0 Å². The van der Waals surface area contributed by atoms with Gasteiger partial charge in [-0.25, -0.2) is 0 Å². The molecule has 0 aromatic heterocycles. The maximum atomic E-state index is 5.86. The van der Waals surface area contributed by atoms with E-state index in [4.69, 9.17) is 11.2 Å². The molecule has 1 heteroatoms. The predicted octanol–water partition coefficient (Wildman–Crippen LogP) is 3.35. The summed E-state index contributed by atoms with van der Waals surface area (Å²) in [5.74, 6) is 5.40. The van der Waals surface area contributed by atoms with Gasteiger partial charge in [-0.1, -0.05) is 35.8 Å². The van der Waals surface area contributed by atoms with E-state index in [0.717, 1.165) is 18.8 Å². The van der Waals surface area contributed by atoms with Crippen LogP contribution in [0.1, 0.15) is 19.3 Å². The van der Waals surface area contributed by atoms with Gasteiger partial charge in [-0.15, -0.1) is 13.0 Å². The fraction of sp³-hybridized carbons (Fsp3) is 0.529. The zero-order chi connectivity index (χ0) is 12.5. The van der Waals surface area contributed by atoms with E-state index >= 15 is 0 Å². The van der Waals surface area contributed by atoms with Crippen LogP contribution >= 0.6 is 0 Å². The van der Waals surface area contributed by atoms with Gasteiger partial charge in [0.25, 0.3) is 0 Å². The highest BCUT2D eigenvalue weighted by Gasteiger charge is 2.52. The van der Waals surface area contributed by atoms with Crippen molar-refractivity contribution in [3.05, 3.63) is 36.5 Å². The largest absolute Gasteiger partial charge is 0.361 e. The molecule has 0 aromatic carbocycles. The van der Waals surface area contributed by atoms with Crippen LogP contribution in [-0.4, -0.2) is 12.7 Å². The number of allylic oxidation sites excluding steroid dienone is 4. The summed E-state index contributed by atoms with van der Waals surface area (Å²) in [6.07, 6.45) is 18.2. The third kappa shape index (κ3) is 1.76. The number of hydrogen-bond acceptors (Lipinski definition) is 1. The first-order chi connectivity index (χ1) is 8.85. The van der Waals surface area contributed by atoms with Crippen LogP contribution in [0.15, 0.2) is 36.5 Å². The third-order valence-corrected chi connectivity index (χ3v) is 4.70. The number of ether oxygens (including phenoxy) is 1. The van der Waals surface area contributed by atoms with Crippen molar-refractivity contribution in [2.24, 2.45) is 23.7 Å². The van der Waals surface area contributed by atoms with Crippen molar-refractivity contribution in [2.45, 2.75) is 25.4 Å². The Bertz CT molecular complexity index is 437. The van der Waals surface area contributed by atoms with E-state index in [0.29, 0.717) is 24.4 Å². The molecule has 1 nitrogen and oxygen atoms in total. The summed E-state index contributed by atoms with van der Waals surface area (Å²) in [5.41, 5.74) is 1.58. The molecule has 0 heterocycles. The van der Waals surface area contributed by atoms with E-state index in [2.05, 4.69) is 30.7 Å². The van der Waals surface area contributed by atoms with E-state index in [1.807, 2.05) is 6.08 Å². The molecular formula is C17H20O. The van der Waals surface area contributed by atoms with Crippen LogP contribution in [0.3, 0.4) is 0 Å². The van der Waals surface area contributed by atoms with Gasteiger partial charge in [-0.05, 0) is 37.0 Å². The lowest BCUT2D eigenvalue weighted by Gasteiger charge is -2.27. The smallest absolute Gasteiger partial charge is 0.108 e. The quantitative estimate of drug-likeness (QED) is 0.529. The molecule has 1 fully saturated rings. The van der Waals surface area contributed by atoms with E-state index < -0.39 is 0 Å². The summed E-state index contributed by atoms with van der Waals surface area (Å²) in [5, 5.41) is 0. The van der Waals surface area contributed by atoms with Crippen molar-refractivity contribution in [3.8, 4) is 12.3 Å². The first-order valence-corrected chi connectivity index (χ1v) is 6.90. The summed E-state index contributed by atoms with van der Waals surface area (Å²) in [6, 6.07) is 0. The Kier molecular flexibility index (Phi) is 3.14. The third-order valence-electron chi connectivity index (χ3n) is 4.70. The lowest BCUT2D eigenvalue weighted by atomic mass is 9.80. The maximum Gasteiger partial charge on any atom is 0.108 e. The normalized spacial score (nSPS) is 39.5. The molecule has 0 spiro atoms. The Morgan fingerprint density at radius 3 is 3.06 bits per heavy atom. The average Bonchev–Trinajstić information content (AvgIpc) is 3.06. The molecule has 5 atom stereocenters. The molecule has 18 heavy (non-hydrogen) atoms. The van der Waals surface area contributed by atoms with Gasteiger partial charge in [0.1, 0.15) is 6.61 Å². The van der Waals surface area contributed by atoms with Gasteiger partial charge in [-0.2, -0.15) is 0 Å². The molecule has 0 aliphatic heterocycles. The standard InChI is InChI=1S/C17H20O/c1-3-5-6-12-11-15(18-9-4-2)17-14-8-7-13(10-14)16(12)17/h2-3,7-8,11,13-17H,1,5-6,9-10H2/t13?,14?,15-,16-,17-/m1/s1. The van der Waals surface area contributed by atoms with Gasteiger partial charge in [0, 0.05) is 5.92 Å². The predicted molar refractivity (Wildman–Crippen MR) is 73.8 cm³/mol. The first-order valence-electron chi connectivity index (χ1n) is 6.90. The molecular weight excluding hydrogens is 220 g/mol. The average molecular weight is 240 g/mol. The fourth-order valence-electron chi connectivity index (χ4n) is 4.09. The molecule has 2 unspecified atom stereocenters. The Morgan fingerprint density at radius 1 is 1.44 bits per heavy atom. The number of hydrogen-bond donors (Lipinski definition) is 0. The molecule has 0 N–H and O–H groups in total. The number of terminal acetylenes is 1. The zero-order valence-electron chi connectivity index (χ0n) is 10.7. The number of fused-ring (bicyclic) bond motifs is 5. The second-order valence-electron chi connectivity index (χ2n) is 5.60. The Labute approximate surface area is 110 Å². The topological polar surface area (TPSA) is 9.23 Å². The maximum absolute atomic E-state index is 5.86. The summed E-state index contributed by atoms with van der Waals surface area (Å²) >= 11 is 0. The van der Waals surface area contributed by atoms with Gasteiger partial charge in [0.2, 0.25) is 0 Å². The summed E-state index contributed by atoms with van der Waals surface area (Å²) in [4.78, 5) is 0. The molecule has 0 aromatic rings. The second kappa shape index (κ2) is 4.78. The van der Waals surface area contributed by atoms with Gasteiger partial charge >= 0.3 is 0 Å². The van der Waals surface area contributed by atoms with Gasteiger partial charge in [-0.3, -0.25) is 0 Å². The molecule has 0 saturated heterocycles. The minimum absolute atomic E-state index is 0.241. The van der Waals surface area contributed by atoms with Crippen LogP contribution in [0.5, 0.6) is 0 Å². The van der Waals surface area contributed by atoms with Crippen LogP contribution in [0, 0.1) is 36.0 Å². The zero-order valence-corrected chi connectivity index (χ0v) is 10.7. The van der Waals surface area contributed by atoms with Crippen molar-refractivity contribution in [2.75, 3.05) is 6.61 Å². The molecule has 3 rings (SSSR count). The molecule has 0 radical (unpaired) electrons. The van der Waals surface area contributed by atoms with E-state index in [1.165, 1.54) is 6.42 Å². The monoisotopic (exact) mass is 240 g/mol. The highest BCUT2D eigenvalue weighted by atomic mass is 16.5. The highest BCUT2D eigenvalue weighted by Crippen LogP contribution is 2.56. The minimum Gasteiger partial charge on any atom is -0.361 e. The number of rotatable bonds is 5. The fourth-order valence-corrected chi connectivity index (χ4v) is 4.09. The van der Waals surface area contributed by atoms with Crippen molar-refractivity contribution < 1.29 is 4.74 Å². The summed E-state index contributed by atoms with van der Waals surface area (Å²) < 4.78 is 5.86. The summed E-state index contributed by atoms with van der Waals surface area (Å²) in [7, 11) is 0. The van der Waals surface area contributed by atoms with E-state index in [1.54, 1.807) is 5.57 Å². The van der Waals surface area contributed by atoms with Crippen molar-refractivity contribution >= 4 is 0 Å². The van der Waals surface area contributed by atoms with Crippen molar-refractivity contribution in [3.63, 3.8) is 0 Å². The molecule has 0 amide bonds. The Balaban J connectivity index is 1.79. The van der Waals surface area contributed by atoms with Gasteiger partial charge in [0.05, 0.1) is 6.10 Å². The molecule has 3 aliphatic rings. The van der Waals surface area contributed by atoms with Crippen molar-refractivity contribution in [1.29, 1.82) is 0 Å². The van der Waals surface area contributed by atoms with Gasteiger partial charge < -0.3 is 4.74 Å². The van der Waals surface area contributed by atoms with Crippen LogP contribution in [0.4, 0.5) is 0 Å². The Hall–Kier alpha value is -1.26. The van der Waals surface area contributed by atoms with Crippen LogP contribution in [0.2, 0.25) is 0 Å².